The van der Waals surface area contributed by atoms with Crippen molar-refractivity contribution in [2.24, 2.45) is 0 Å². The molecule has 8 nitrogen and oxygen atoms in total. The smallest absolute Gasteiger partial charge is 0.204 e. The van der Waals surface area contributed by atoms with Crippen molar-refractivity contribution in [2.75, 3.05) is 19.0 Å². The van der Waals surface area contributed by atoms with E-state index < -0.39 is 0 Å². The number of H-pyrrole nitrogens is 1. The molecule has 0 aliphatic rings. The molecular formula is C16H16N8S. The van der Waals surface area contributed by atoms with Gasteiger partial charge in [0.15, 0.2) is 11.0 Å². The van der Waals surface area contributed by atoms with E-state index in [1.54, 1.807) is 11.3 Å². The number of thiazole rings is 1. The Bertz CT molecular complexity index is 970. The molecule has 3 heterocycles. The van der Waals surface area contributed by atoms with Gasteiger partial charge in [-0.3, -0.25) is 0 Å². The molecule has 0 atom stereocenters. The summed E-state index contributed by atoms with van der Waals surface area (Å²) in [6, 6.07) is 8.10. The van der Waals surface area contributed by atoms with E-state index in [2.05, 4.69) is 47.3 Å². The molecule has 4 rings (SSSR count). The van der Waals surface area contributed by atoms with Crippen LogP contribution in [0.3, 0.4) is 0 Å². The number of aromatic nitrogens is 7. The molecular weight excluding hydrogens is 336 g/mol. The molecule has 4 aromatic rings. The normalized spacial score (nSPS) is 11.0. The average Bonchev–Trinajstić information content (AvgIpc) is 3.36. The fourth-order valence-corrected chi connectivity index (χ4v) is 3.38. The van der Waals surface area contributed by atoms with E-state index in [1.165, 1.54) is 0 Å². The van der Waals surface area contributed by atoms with Crippen LogP contribution >= 0.6 is 11.3 Å². The molecule has 126 valence electrons. The number of nitrogens with one attached hydrogen (secondary N) is 1. The van der Waals surface area contributed by atoms with Gasteiger partial charge in [-0.25, -0.2) is 9.97 Å². The fraction of sp³-hybridized carbons (Fsp3) is 0.188. The van der Waals surface area contributed by atoms with Gasteiger partial charge in [-0.1, -0.05) is 29.5 Å². The summed E-state index contributed by atoms with van der Waals surface area (Å²) in [7, 11) is 3.97. The van der Waals surface area contributed by atoms with Crippen molar-refractivity contribution in [1.29, 1.82) is 0 Å². The van der Waals surface area contributed by atoms with E-state index in [0.29, 0.717) is 12.4 Å². The highest BCUT2D eigenvalue weighted by Gasteiger charge is 2.12. The summed E-state index contributed by atoms with van der Waals surface area (Å²) in [6.07, 6.45) is 5.66. The minimum Gasteiger partial charge on any atom is -0.354 e. The molecule has 0 radical (unpaired) electrons. The second-order valence-corrected chi connectivity index (χ2v) is 6.73. The quantitative estimate of drug-likeness (QED) is 0.593. The van der Waals surface area contributed by atoms with Crippen LogP contribution in [0.4, 0.5) is 5.13 Å². The van der Waals surface area contributed by atoms with Gasteiger partial charge in [0.2, 0.25) is 5.82 Å². The van der Waals surface area contributed by atoms with Crippen LogP contribution < -0.4 is 4.90 Å². The number of aromatic amines is 1. The van der Waals surface area contributed by atoms with Crippen LogP contribution in [0, 0.1) is 0 Å². The van der Waals surface area contributed by atoms with Crippen LogP contribution in [0.2, 0.25) is 0 Å². The Hall–Kier alpha value is -3.07. The summed E-state index contributed by atoms with van der Waals surface area (Å²) in [5.74, 6) is 1.50. The molecule has 9 heteroatoms. The predicted molar refractivity (Wildman–Crippen MR) is 96.4 cm³/mol. The number of hydrogen-bond acceptors (Lipinski definition) is 7. The van der Waals surface area contributed by atoms with Gasteiger partial charge >= 0.3 is 0 Å². The molecule has 0 saturated carbocycles. The topological polar surface area (TPSA) is 88.4 Å². The Morgan fingerprint density at radius 2 is 2.16 bits per heavy atom. The Labute approximate surface area is 148 Å². The summed E-state index contributed by atoms with van der Waals surface area (Å²) >= 11 is 1.62. The fourth-order valence-electron chi connectivity index (χ4n) is 2.53. The molecule has 0 aliphatic heterocycles. The molecule has 0 unspecified atom stereocenters. The maximum Gasteiger partial charge on any atom is 0.204 e. The Morgan fingerprint density at radius 3 is 2.92 bits per heavy atom. The first-order valence-electron chi connectivity index (χ1n) is 7.68. The van der Waals surface area contributed by atoms with Crippen LogP contribution in [-0.4, -0.2) is 49.3 Å². The number of anilines is 1. The lowest BCUT2D eigenvalue weighted by Gasteiger charge is -2.08. The third kappa shape index (κ3) is 3.13. The molecule has 0 amide bonds. The molecule has 0 saturated heterocycles. The molecule has 25 heavy (non-hydrogen) atoms. The first kappa shape index (κ1) is 15.5. The van der Waals surface area contributed by atoms with Gasteiger partial charge in [-0.05, 0) is 16.8 Å². The van der Waals surface area contributed by atoms with Gasteiger partial charge in [-0.2, -0.15) is 5.21 Å². The van der Waals surface area contributed by atoms with Crippen LogP contribution in [0.25, 0.3) is 22.1 Å². The Morgan fingerprint density at radius 1 is 1.24 bits per heavy atom. The number of hydrogen-bond donors (Lipinski definition) is 1. The largest absolute Gasteiger partial charge is 0.354 e. The van der Waals surface area contributed by atoms with Gasteiger partial charge in [0.05, 0.1) is 11.1 Å². The lowest BCUT2D eigenvalue weighted by atomic mass is 10.1. The van der Waals surface area contributed by atoms with E-state index in [9.17, 15) is 0 Å². The molecule has 0 bridgehead atoms. The minimum atomic E-state index is 0.589. The highest BCUT2D eigenvalue weighted by molar-refractivity contribution is 7.18. The van der Waals surface area contributed by atoms with E-state index in [1.807, 2.05) is 49.7 Å². The molecule has 1 aromatic carbocycles. The standard InChI is InChI=1S/C16H16N8S/c1-23(2)16-18-9-13(25-16)15-17-6-7-24(15)10-11-4-3-5-12(8-11)14-19-21-22-20-14/h3-9H,10H2,1-2H3,(H,19,20,21,22). The van der Waals surface area contributed by atoms with Gasteiger partial charge in [-0.15, -0.1) is 10.2 Å². The minimum absolute atomic E-state index is 0.589. The van der Waals surface area contributed by atoms with Crippen molar-refractivity contribution in [3.63, 3.8) is 0 Å². The van der Waals surface area contributed by atoms with Crippen molar-refractivity contribution in [3.05, 3.63) is 48.4 Å². The number of imidazole rings is 1. The summed E-state index contributed by atoms with van der Waals surface area (Å²) in [6.45, 7) is 0.705. The van der Waals surface area contributed by atoms with E-state index in [0.717, 1.165) is 27.0 Å². The second kappa shape index (κ2) is 6.44. The van der Waals surface area contributed by atoms with Crippen molar-refractivity contribution in [2.45, 2.75) is 6.54 Å². The van der Waals surface area contributed by atoms with Gasteiger partial charge in [0.25, 0.3) is 0 Å². The van der Waals surface area contributed by atoms with E-state index >= 15 is 0 Å². The third-order valence-corrected chi connectivity index (χ3v) is 4.86. The van der Waals surface area contributed by atoms with Crippen LogP contribution in [0.15, 0.2) is 42.9 Å². The van der Waals surface area contributed by atoms with E-state index in [4.69, 9.17) is 0 Å². The van der Waals surface area contributed by atoms with Crippen LogP contribution in [-0.2, 0) is 6.54 Å². The second-order valence-electron chi connectivity index (χ2n) is 5.72. The highest BCUT2D eigenvalue weighted by atomic mass is 32.1. The molecule has 1 N–H and O–H groups in total. The zero-order chi connectivity index (χ0) is 17.2. The van der Waals surface area contributed by atoms with Crippen molar-refractivity contribution in [3.8, 4) is 22.1 Å². The summed E-state index contributed by atoms with van der Waals surface area (Å²) in [4.78, 5) is 12.0. The third-order valence-electron chi connectivity index (χ3n) is 3.70. The summed E-state index contributed by atoms with van der Waals surface area (Å²) < 4.78 is 2.11. The maximum atomic E-state index is 4.50. The lowest BCUT2D eigenvalue weighted by Crippen LogP contribution is -2.07. The number of rotatable bonds is 5. The van der Waals surface area contributed by atoms with Crippen molar-refractivity contribution in [1.82, 2.24) is 35.2 Å². The highest BCUT2D eigenvalue weighted by Crippen LogP contribution is 2.29. The molecule has 0 fully saturated rings. The van der Waals surface area contributed by atoms with Crippen molar-refractivity contribution < 1.29 is 0 Å². The van der Waals surface area contributed by atoms with Gasteiger partial charge in [0.1, 0.15) is 0 Å². The molecule has 3 aromatic heterocycles. The number of tetrazole rings is 1. The monoisotopic (exact) mass is 352 g/mol. The average molecular weight is 352 g/mol. The first-order valence-corrected chi connectivity index (χ1v) is 8.50. The molecule has 0 aliphatic carbocycles. The maximum absolute atomic E-state index is 4.50. The van der Waals surface area contributed by atoms with Crippen LogP contribution in [0.5, 0.6) is 0 Å². The zero-order valence-electron chi connectivity index (χ0n) is 13.8. The van der Waals surface area contributed by atoms with Crippen LogP contribution in [0.1, 0.15) is 5.56 Å². The SMILES string of the molecule is CN(C)c1ncc(-c2nccn2Cc2cccc(-c3nn[nH]n3)c2)s1. The van der Waals surface area contributed by atoms with E-state index in [-0.39, 0.29) is 0 Å². The van der Waals surface area contributed by atoms with Crippen molar-refractivity contribution >= 4 is 16.5 Å². The molecule has 0 spiro atoms. The number of nitrogens with zero attached hydrogens (tertiary/aromatic N) is 7. The first-order chi connectivity index (χ1) is 12.2. The van der Waals surface area contributed by atoms with Gasteiger partial charge < -0.3 is 9.47 Å². The Kier molecular flexibility index (Phi) is 3.98. The number of benzene rings is 1. The zero-order valence-corrected chi connectivity index (χ0v) is 14.6. The summed E-state index contributed by atoms with van der Waals surface area (Å²) in [5, 5.41) is 15.1. The lowest BCUT2D eigenvalue weighted by molar-refractivity contribution is 0.808. The Balaban J connectivity index is 1.62. The summed E-state index contributed by atoms with van der Waals surface area (Å²) in [5.41, 5.74) is 2.07. The predicted octanol–water partition coefficient (Wildman–Crippen LogP) is 2.30. The van der Waals surface area contributed by atoms with Gasteiger partial charge in [0, 0.05) is 38.6 Å².